The van der Waals surface area contributed by atoms with Gasteiger partial charge in [0.2, 0.25) is 5.91 Å². The molecule has 1 N–H and O–H groups in total. The van der Waals surface area contributed by atoms with Crippen molar-refractivity contribution in [2.75, 3.05) is 13.1 Å². The number of amides is 1. The van der Waals surface area contributed by atoms with E-state index in [1.54, 1.807) is 4.90 Å². The molecule has 0 unspecified atom stereocenters. The first-order valence-electron chi connectivity index (χ1n) is 3.70. The minimum absolute atomic E-state index is 0.255. The van der Waals surface area contributed by atoms with E-state index < -0.39 is 5.97 Å². The van der Waals surface area contributed by atoms with Gasteiger partial charge in [-0.05, 0) is 12.8 Å². The molecule has 1 fully saturated rings. The molecule has 0 spiro atoms. The van der Waals surface area contributed by atoms with Crippen molar-refractivity contribution < 1.29 is 14.7 Å². The summed E-state index contributed by atoms with van der Waals surface area (Å²) in [4.78, 5) is 22.7. The highest BCUT2D eigenvalue weighted by molar-refractivity contribution is 5.93. The van der Waals surface area contributed by atoms with E-state index in [0.29, 0.717) is 0 Å². The Hall–Kier alpha value is -1.06. The molecule has 1 amide bonds. The Balaban J connectivity index is 2.34. The Bertz CT molecular complexity index is 173. The summed E-state index contributed by atoms with van der Waals surface area (Å²) in [5.74, 6) is -1.29. The third-order valence-electron chi connectivity index (χ3n) is 1.76. The summed E-state index contributed by atoms with van der Waals surface area (Å²) in [7, 11) is 0. The van der Waals surface area contributed by atoms with Crippen LogP contribution in [-0.2, 0) is 9.59 Å². The lowest BCUT2D eigenvalue weighted by Gasteiger charge is -2.12. The van der Waals surface area contributed by atoms with Gasteiger partial charge in [0.1, 0.15) is 6.42 Å². The molecule has 0 aromatic carbocycles. The summed E-state index contributed by atoms with van der Waals surface area (Å²) in [5, 5.41) is 8.30. The molecule has 1 rings (SSSR count). The zero-order valence-corrected chi connectivity index (χ0v) is 6.25. The van der Waals surface area contributed by atoms with Crippen molar-refractivity contribution in [1.29, 1.82) is 0 Å². The second-order valence-corrected chi connectivity index (χ2v) is 2.66. The maximum absolute atomic E-state index is 11.0. The van der Waals surface area contributed by atoms with Gasteiger partial charge < -0.3 is 10.0 Å². The number of hydrogen-bond donors (Lipinski definition) is 1. The van der Waals surface area contributed by atoms with Crippen molar-refractivity contribution in [2.45, 2.75) is 19.3 Å². The van der Waals surface area contributed by atoms with Gasteiger partial charge in [0, 0.05) is 13.1 Å². The highest BCUT2D eigenvalue weighted by atomic mass is 16.4. The fourth-order valence-electron chi connectivity index (χ4n) is 1.21. The van der Waals surface area contributed by atoms with Crippen LogP contribution in [0.3, 0.4) is 0 Å². The molecule has 0 saturated carbocycles. The smallest absolute Gasteiger partial charge is 0.312 e. The average molecular weight is 157 g/mol. The van der Waals surface area contributed by atoms with Gasteiger partial charge in [0.15, 0.2) is 0 Å². The molecule has 4 heteroatoms. The van der Waals surface area contributed by atoms with Crippen LogP contribution in [0.15, 0.2) is 0 Å². The highest BCUT2D eigenvalue weighted by Crippen LogP contribution is 2.08. The number of rotatable bonds is 2. The van der Waals surface area contributed by atoms with Crippen LogP contribution in [0.2, 0.25) is 0 Å². The third-order valence-corrected chi connectivity index (χ3v) is 1.76. The second-order valence-electron chi connectivity index (χ2n) is 2.66. The Labute approximate surface area is 64.8 Å². The molecule has 0 aromatic heterocycles. The van der Waals surface area contributed by atoms with Crippen LogP contribution in [0, 0.1) is 0 Å². The average Bonchev–Trinajstić information content (AvgIpc) is 2.35. The van der Waals surface area contributed by atoms with Crippen LogP contribution in [0.4, 0.5) is 0 Å². The SMILES string of the molecule is O=C(O)CC(=O)N1CCCC1. The molecule has 0 aliphatic carbocycles. The lowest BCUT2D eigenvalue weighted by molar-refractivity contribution is -0.143. The van der Waals surface area contributed by atoms with Crippen LogP contribution in [0.1, 0.15) is 19.3 Å². The van der Waals surface area contributed by atoms with E-state index in [-0.39, 0.29) is 12.3 Å². The number of nitrogens with zero attached hydrogens (tertiary/aromatic N) is 1. The quantitative estimate of drug-likeness (QED) is 0.577. The lowest BCUT2D eigenvalue weighted by Crippen LogP contribution is -2.29. The molecular weight excluding hydrogens is 146 g/mol. The van der Waals surface area contributed by atoms with Crippen molar-refractivity contribution in [3.63, 3.8) is 0 Å². The number of carbonyl (C=O) groups excluding carboxylic acids is 1. The molecule has 11 heavy (non-hydrogen) atoms. The van der Waals surface area contributed by atoms with Gasteiger partial charge >= 0.3 is 5.97 Å². The Kier molecular flexibility index (Phi) is 2.46. The molecule has 0 bridgehead atoms. The molecular formula is C7H11NO3. The largest absolute Gasteiger partial charge is 0.481 e. The summed E-state index contributed by atoms with van der Waals surface area (Å²) in [6, 6.07) is 0. The maximum atomic E-state index is 11.0. The number of aliphatic carboxylic acids is 1. The summed E-state index contributed by atoms with van der Waals surface area (Å²) >= 11 is 0. The molecule has 4 nitrogen and oxygen atoms in total. The number of carbonyl (C=O) groups is 2. The molecule has 1 aliphatic rings. The van der Waals surface area contributed by atoms with E-state index in [4.69, 9.17) is 5.11 Å². The van der Waals surface area contributed by atoms with Crippen molar-refractivity contribution in [2.24, 2.45) is 0 Å². The van der Waals surface area contributed by atoms with Crippen molar-refractivity contribution in [3.8, 4) is 0 Å². The number of likely N-dealkylation sites (tertiary alicyclic amines) is 1. The van der Waals surface area contributed by atoms with Gasteiger partial charge in [0.25, 0.3) is 0 Å². The fraction of sp³-hybridized carbons (Fsp3) is 0.714. The Morgan fingerprint density at radius 2 is 1.82 bits per heavy atom. The van der Waals surface area contributed by atoms with Crippen molar-refractivity contribution in [3.05, 3.63) is 0 Å². The summed E-state index contributed by atoms with van der Waals surface area (Å²) in [5.41, 5.74) is 0. The predicted octanol–water partition coefficient (Wildman–Crippen LogP) is 0.0835. The minimum atomic E-state index is -1.04. The van der Waals surface area contributed by atoms with E-state index in [2.05, 4.69) is 0 Å². The molecule has 1 aliphatic heterocycles. The van der Waals surface area contributed by atoms with Gasteiger partial charge in [-0.3, -0.25) is 9.59 Å². The predicted molar refractivity (Wildman–Crippen MR) is 38.1 cm³/mol. The van der Waals surface area contributed by atoms with Crippen LogP contribution >= 0.6 is 0 Å². The molecule has 1 heterocycles. The Morgan fingerprint density at radius 3 is 2.27 bits per heavy atom. The van der Waals surface area contributed by atoms with Gasteiger partial charge in [-0.15, -0.1) is 0 Å². The fourth-order valence-corrected chi connectivity index (χ4v) is 1.21. The molecule has 0 aromatic rings. The van der Waals surface area contributed by atoms with Gasteiger partial charge in [-0.25, -0.2) is 0 Å². The highest BCUT2D eigenvalue weighted by Gasteiger charge is 2.19. The van der Waals surface area contributed by atoms with E-state index in [9.17, 15) is 9.59 Å². The first kappa shape index (κ1) is 8.04. The van der Waals surface area contributed by atoms with E-state index >= 15 is 0 Å². The Morgan fingerprint density at radius 1 is 1.27 bits per heavy atom. The lowest BCUT2D eigenvalue weighted by atomic mass is 10.4. The zero-order chi connectivity index (χ0) is 8.27. The van der Waals surface area contributed by atoms with E-state index in [1.807, 2.05) is 0 Å². The number of carboxylic acid groups (broad SMARTS) is 1. The van der Waals surface area contributed by atoms with E-state index in [0.717, 1.165) is 25.9 Å². The third kappa shape index (κ3) is 2.22. The van der Waals surface area contributed by atoms with Crippen molar-refractivity contribution in [1.82, 2.24) is 4.90 Å². The molecule has 0 atom stereocenters. The van der Waals surface area contributed by atoms with Crippen molar-refractivity contribution >= 4 is 11.9 Å². The van der Waals surface area contributed by atoms with Crippen LogP contribution in [-0.4, -0.2) is 35.0 Å². The summed E-state index contributed by atoms with van der Waals surface area (Å²) in [6.45, 7) is 1.46. The summed E-state index contributed by atoms with van der Waals surface area (Å²) < 4.78 is 0. The van der Waals surface area contributed by atoms with Gasteiger partial charge in [-0.1, -0.05) is 0 Å². The van der Waals surface area contributed by atoms with Crippen LogP contribution < -0.4 is 0 Å². The maximum Gasteiger partial charge on any atom is 0.312 e. The van der Waals surface area contributed by atoms with E-state index in [1.165, 1.54) is 0 Å². The molecule has 0 radical (unpaired) electrons. The molecule has 62 valence electrons. The number of hydrogen-bond acceptors (Lipinski definition) is 2. The monoisotopic (exact) mass is 157 g/mol. The topological polar surface area (TPSA) is 57.6 Å². The zero-order valence-electron chi connectivity index (χ0n) is 6.25. The van der Waals surface area contributed by atoms with Gasteiger partial charge in [0.05, 0.1) is 0 Å². The standard InChI is InChI=1S/C7H11NO3/c9-6(5-7(10)11)8-3-1-2-4-8/h1-5H2,(H,10,11). The first-order valence-corrected chi connectivity index (χ1v) is 3.70. The van der Waals surface area contributed by atoms with Gasteiger partial charge in [-0.2, -0.15) is 0 Å². The number of carboxylic acids is 1. The second kappa shape index (κ2) is 3.37. The van der Waals surface area contributed by atoms with Crippen LogP contribution in [0.25, 0.3) is 0 Å². The summed E-state index contributed by atoms with van der Waals surface area (Å²) in [6.07, 6.45) is 1.65. The molecule has 1 saturated heterocycles. The van der Waals surface area contributed by atoms with Crippen LogP contribution in [0.5, 0.6) is 0 Å². The minimum Gasteiger partial charge on any atom is -0.481 e. The first-order chi connectivity index (χ1) is 5.20. The normalized spacial score (nSPS) is 16.9.